The third-order valence-electron chi connectivity index (χ3n) is 3.97. The first-order valence-electron chi connectivity index (χ1n) is 7.52. The molecule has 3 atom stereocenters. The zero-order valence-electron chi connectivity index (χ0n) is 13.0. The molecule has 1 aliphatic rings. The van der Waals surface area contributed by atoms with Crippen LogP contribution in [0, 0.1) is 11.3 Å². The van der Waals surface area contributed by atoms with Crippen molar-refractivity contribution < 1.29 is 14.6 Å². The van der Waals surface area contributed by atoms with Gasteiger partial charge < -0.3 is 15.2 Å². The van der Waals surface area contributed by atoms with E-state index in [1.54, 1.807) is 12.1 Å². The van der Waals surface area contributed by atoms with Crippen molar-refractivity contribution in [1.29, 1.82) is 0 Å². The average molecular weight is 291 g/mol. The van der Waals surface area contributed by atoms with E-state index in [0.29, 0.717) is 18.0 Å². The van der Waals surface area contributed by atoms with Crippen LogP contribution in [0.4, 0.5) is 0 Å². The number of nitrogens with one attached hydrogen (secondary N) is 1. The lowest BCUT2D eigenvalue weighted by Crippen LogP contribution is -2.40. The first kappa shape index (κ1) is 16.0. The van der Waals surface area contributed by atoms with Crippen LogP contribution in [-0.4, -0.2) is 30.3 Å². The Bertz CT molecular complexity index is 467. The molecule has 0 radical (unpaired) electrons. The molecule has 0 bridgehead atoms. The summed E-state index contributed by atoms with van der Waals surface area (Å²) in [7, 11) is 0. The van der Waals surface area contributed by atoms with Gasteiger partial charge in [0, 0.05) is 19.1 Å². The quantitative estimate of drug-likeness (QED) is 0.895. The van der Waals surface area contributed by atoms with Gasteiger partial charge in [0.1, 0.15) is 0 Å². The van der Waals surface area contributed by atoms with E-state index in [-0.39, 0.29) is 17.4 Å². The third kappa shape index (κ3) is 4.05. The molecule has 1 aliphatic heterocycles. The number of rotatable bonds is 4. The van der Waals surface area contributed by atoms with Gasteiger partial charge >= 0.3 is 0 Å². The van der Waals surface area contributed by atoms with Crippen molar-refractivity contribution in [2.45, 2.75) is 39.4 Å². The Morgan fingerprint density at radius 1 is 1.38 bits per heavy atom. The summed E-state index contributed by atoms with van der Waals surface area (Å²) in [4.78, 5) is 12.1. The molecule has 0 aliphatic carbocycles. The van der Waals surface area contributed by atoms with Crippen LogP contribution in [0.1, 0.15) is 38.9 Å². The molecule has 1 aromatic rings. The van der Waals surface area contributed by atoms with Crippen LogP contribution in [0.25, 0.3) is 0 Å². The highest BCUT2D eigenvalue weighted by molar-refractivity contribution is 5.81. The Balaban J connectivity index is 1.89. The van der Waals surface area contributed by atoms with Gasteiger partial charge in [-0.25, -0.2) is 0 Å². The summed E-state index contributed by atoms with van der Waals surface area (Å²) < 4.78 is 5.79. The predicted molar refractivity (Wildman–Crippen MR) is 81.7 cm³/mol. The van der Waals surface area contributed by atoms with E-state index < -0.39 is 6.10 Å². The van der Waals surface area contributed by atoms with Crippen LogP contribution in [0.15, 0.2) is 30.3 Å². The van der Waals surface area contributed by atoms with E-state index in [4.69, 9.17) is 4.74 Å². The van der Waals surface area contributed by atoms with E-state index in [2.05, 4.69) is 26.1 Å². The van der Waals surface area contributed by atoms with Gasteiger partial charge in [0.05, 0.1) is 6.10 Å². The number of hydrogen-bond donors (Lipinski definition) is 2. The first-order valence-corrected chi connectivity index (χ1v) is 7.52. The van der Waals surface area contributed by atoms with E-state index in [1.165, 1.54) is 0 Å². The van der Waals surface area contributed by atoms with Gasteiger partial charge in [-0.3, -0.25) is 4.79 Å². The summed E-state index contributed by atoms with van der Waals surface area (Å²) in [6.45, 7) is 7.73. The summed E-state index contributed by atoms with van der Waals surface area (Å²) in [6.07, 6.45) is -0.0165. The number of amides is 1. The fraction of sp³-hybridized carbons (Fsp3) is 0.588. The molecular weight excluding hydrogens is 266 g/mol. The van der Waals surface area contributed by atoms with Crippen molar-refractivity contribution >= 4 is 5.91 Å². The van der Waals surface area contributed by atoms with Gasteiger partial charge in [-0.15, -0.1) is 0 Å². The van der Waals surface area contributed by atoms with Gasteiger partial charge in [-0.2, -0.15) is 0 Å². The lowest BCUT2D eigenvalue weighted by Gasteiger charge is -2.31. The largest absolute Gasteiger partial charge is 0.378 e. The molecule has 1 saturated heterocycles. The highest BCUT2D eigenvalue weighted by Gasteiger charge is 2.37. The number of aliphatic hydroxyl groups excluding tert-OH is 1. The van der Waals surface area contributed by atoms with Crippen LogP contribution in [0.3, 0.4) is 0 Å². The Morgan fingerprint density at radius 3 is 2.67 bits per heavy atom. The molecule has 4 heteroatoms. The first-order chi connectivity index (χ1) is 9.89. The Morgan fingerprint density at radius 2 is 2.05 bits per heavy atom. The van der Waals surface area contributed by atoms with Gasteiger partial charge in [0.25, 0.3) is 5.91 Å². The molecule has 21 heavy (non-hydrogen) atoms. The maximum atomic E-state index is 12.1. The lowest BCUT2D eigenvalue weighted by atomic mass is 9.81. The maximum absolute atomic E-state index is 12.1. The molecule has 0 aromatic heterocycles. The Hall–Kier alpha value is -1.39. The fourth-order valence-corrected chi connectivity index (χ4v) is 2.92. The van der Waals surface area contributed by atoms with E-state index in [0.717, 1.165) is 13.0 Å². The summed E-state index contributed by atoms with van der Waals surface area (Å²) in [6, 6.07) is 8.98. The van der Waals surface area contributed by atoms with Crippen molar-refractivity contribution in [2.24, 2.45) is 11.3 Å². The van der Waals surface area contributed by atoms with Crippen molar-refractivity contribution in [3.8, 4) is 0 Å². The molecule has 2 N–H and O–H groups in total. The van der Waals surface area contributed by atoms with Crippen LogP contribution >= 0.6 is 0 Å². The molecule has 1 amide bonds. The maximum Gasteiger partial charge on any atom is 0.253 e. The number of hydrogen-bond acceptors (Lipinski definition) is 3. The molecule has 0 saturated carbocycles. The van der Waals surface area contributed by atoms with Gasteiger partial charge in [-0.05, 0) is 17.4 Å². The standard InChI is InChI=1S/C17H25NO3/c1-17(2,3)15-13(9-10-21-15)11-18-16(20)14(19)12-7-5-4-6-8-12/h4-8,13-15,19H,9-11H2,1-3H3,(H,18,20)/t13-,14+,15+/m1/s1. The minimum Gasteiger partial charge on any atom is -0.378 e. The lowest BCUT2D eigenvalue weighted by molar-refractivity contribution is -0.130. The highest BCUT2D eigenvalue weighted by atomic mass is 16.5. The van der Waals surface area contributed by atoms with Crippen LogP contribution in [-0.2, 0) is 9.53 Å². The van der Waals surface area contributed by atoms with Crippen LogP contribution < -0.4 is 5.32 Å². The number of carbonyl (C=O) groups excluding carboxylic acids is 1. The predicted octanol–water partition coefficient (Wildman–Crippen LogP) is 2.29. The number of benzene rings is 1. The molecule has 116 valence electrons. The number of ether oxygens (including phenoxy) is 1. The third-order valence-corrected chi connectivity index (χ3v) is 3.97. The Kier molecular flexibility index (Phi) is 5.01. The van der Waals surface area contributed by atoms with Gasteiger partial charge in [-0.1, -0.05) is 51.1 Å². The molecule has 1 aromatic carbocycles. The number of carbonyl (C=O) groups is 1. The summed E-state index contributed by atoms with van der Waals surface area (Å²) in [5.41, 5.74) is 0.675. The summed E-state index contributed by atoms with van der Waals surface area (Å²) in [5, 5.41) is 12.9. The zero-order chi connectivity index (χ0) is 15.5. The number of aliphatic hydroxyl groups is 1. The zero-order valence-corrected chi connectivity index (χ0v) is 13.0. The van der Waals surface area contributed by atoms with E-state index >= 15 is 0 Å². The van der Waals surface area contributed by atoms with Crippen LogP contribution in [0.5, 0.6) is 0 Å². The van der Waals surface area contributed by atoms with Gasteiger partial charge in [0.15, 0.2) is 6.10 Å². The normalized spacial score (nSPS) is 23.8. The monoisotopic (exact) mass is 291 g/mol. The second-order valence-corrected chi connectivity index (χ2v) is 6.76. The smallest absolute Gasteiger partial charge is 0.253 e. The van der Waals surface area contributed by atoms with Gasteiger partial charge in [0.2, 0.25) is 0 Å². The minimum atomic E-state index is -1.11. The Labute approximate surface area is 126 Å². The molecule has 0 unspecified atom stereocenters. The molecule has 2 rings (SSSR count). The second kappa shape index (κ2) is 6.58. The fourth-order valence-electron chi connectivity index (χ4n) is 2.92. The second-order valence-electron chi connectivity index (χ2n) is 6.76. The topological polar surface area (TPSA) is 58.6 Å². The summed E-state index contributed by atoms with van der Waals surface area (Å²) >= 11 is 0. The average Bonchev–Trinajstić information content (AvgIpc) is 2.93. The van der Waals surface area contributed by atoms with Crippen molar-refractivity contribution in [2.75, 3.05) is 13.2 Å². The molecule has 1 fully saturated rings. The molecular formula is C17H25NO3. The van der Waals surface area contributed by atoms with Crippen molar-refractivity contribution in [3.05, 3.63) is 35.9 Å². The van der Waals surface area contributed by atoms with Crippen LogP contribution in [0.2, 0.25) is 0 Å². The molecule has 0 spiro atoms. The minimum absolute atomic E-state index is 0.0595. The van der Waals surface area contributed by atoms with E-state index in [1.807, 2.05) is 18.2 Å². The van der Waals surface area contributed by atoms with E-state index in [9.17, 15) is 9.90 Å². The molecule has 1 heterocycles. The SMILES string of the molecule is CC(C)(C)[C@H]1OCC[C@@H]1CNC(=O)[C@@H](O)c1ccccc1. The summed E-state index contributed by atoms with van der Waals surface area (Å²) in [5.74, 6) is -0.0438. The van der Waals surface area contributed by atoms with Crippen molar-refractivity contribution in [1.82, 2.24) is 5.32 Å². The molecule has 4 nitrogen and oxygen atoms in total. The van der Waals surface area contributed by atoms with Crippen molar-refractivity contribution in [3.63, 3.8) is 0 Å². The highest BCUT2D eigenvalue weighted by Crippen LogP contribution is 2.34.